The molecule has 0 unspecified atom stereocenters. The second-order valence-corrected chi connectivity index (χ2v) is 6.44. The normalized spacial score (nSPS) is 16.1. The largest absolute Gasteiger partial charge is 0.478 e. The SMILES string of the molecule is NS(=O)(=O)c1cc(C(=O)O)cc(N2CCCC2)c1C(F)(F)F. The van der Waals surface area contributed by atoms with Crippen LogP contribution in [0.2, 0.25) is 0 Å². The summed E-state index contributed by atoms with van der Waals surface area (Å²) in [7, 11) is -4.73. The molecule has 0 saturated carbocycles. The highest BCUT2D eigenvalue weighted by atomic mass is 32.2. The number of hydrogen-bond acceptors (Lipinski definition) is 4. The number of carboxylic acid groups (broad SMARTS) is 1. The van der Waals surface area contributed by atoms with E-state index in [2.05, 4.69) is 0 Å². The average Bonchev–Trinajstić information content (AvgIpc) is 2.88. The third-order valence-electron chi connectivity index (χ3n) is 3.37. The van der Waals surface area contributed by atoms with Gasteiger partial charge in [0, 0.05) is 13.1 Å². The Morgan fingerprint density at radius 1 is 1.23 bits per heavy atom. The number of carbonyl (C=O) groups is 1. The van der Waals surface area contributed by atoms with Crippen molar-refractivity contribution >= 4 is 21.7 Å². The molecule has 10 heteroatoms. The number of nitrogens with zero attached hydrogens (tertiary/aromatic N) is 1. The van der Waals surface area contributed by atoms with Crippen LogP contribution in [0.4, 0.5) is 18.9 Å². The molecule has 3 N–H and O–H groups in total. The van der Waals surface area contributed by atoms with Crippen LogP contribution in [0.15, 0.2) is 17.0 Å². The highest BCUT2D eigenvalue weighted by Crippen LogP contribution is 2.42. The first kappa shape index (κ1) is 16.6. The molecule has 0 aromatic heterocycles. The molecule has 6 nitrogen and oxygen atoms in total. The Labute approximate surface area is 124 Å². The van der Waals surface area contributed by atoms with Crippen molar-refractivity contribution in [2.45, 2.75) is 23.9 Å². The highest BCUT2D eigenvalue weighted by Gasteiger charge is 2.41. The van der Waals surface area contributed by atoms with Gasteiger partial charge in [0.2, 0.25) is 10.0 Å². The Bertz CT molecular complexity index is 710. The molecule has 22 heavy (non-hydrogen) atoms. The van der Waals surface area contributed by atoms with E-state index in [1.54, 1.807) is 0 Å². The van der Waals surface area contributed by atoms with Gasteiger partial charge in [0.25, 0.3) is 0 Å². The monoisotopic (exact) mass is 338 g/mol. The van der Waals surface area contributed by atoms with E-state index in [0.717, 1.165) is 6.07 Å². The molecule has 1 aromatic rings. The first-order chi connectivity index (χ1) is 10.0. The van der Waals surface area contributed by atoms with E-state index in [0.29, 0.717) is 18.9 Å². The molecule has 0 bridgehead atoms. The first-order valence-electron chi connectivity index (χ1n) is 6.28. The van der Waals surface area contributed by atoms with E-state index in [4.69, 9.17) is 10.2 Å². The van der Waals surface area contributed by atoms with E-state index < -0.39 is 43.9 Å². The number of halogens is 3. The molecule has 0 aliphatic carbocycles. The number of primary sulfonamides is 1. The number of nitrogens with two attached hydrogens (primary N) is 1. The summed E-state index contributed by atoms with van der Waals surface area (Å²) in [6, 6.07) is 1.28. The van der Waals surface area contributed by atoms with Crippen LogP contribution in [-0.2, 0) is 16.2 Å². The molecule has 0 amide bonds. The van der Waals surface area contributed by atoms with Gasteiger partial charge in [-0.25, -0.2) is 18.4 Å². The maximum atomic E-state index is 13.3. The minimum absolute atomic E-state index is 0.288. The summed E-state index contributed by atoms with van der Waals surface area (Å²) < 4.78 is 63.0. The zero-order chi connectivity index (χ0) is 16.7. The summed E-state index contributed by atoms with van der Waals surface area (Å²) in [4.78, 5) is 11.2. The molecule has 0 spiro atoms. The minimum Gasteiger partial charge on any atom is -0.478 e. The van der Waals surface area contributed by atoms with Crippen molar-refractivity contribution in [1.82, 2.24) is 0 Å². The van der Waals surface area contributed by atoms with Crippen LogP contribution in [0, 0.1) is 0 Å². The number of hydrogen-bond donors (Lipinski definition) is 2. The van der Waals surface area contributed by atoms with Gasteiger partial charge in [0.1, 0.15) is 0 Å². The first-order valence-corrected chi connectivity index (χ1v) is 7.82. The van der Waals surface area contributed by atoms with Gasteiger partial charge in [-0.05, 0) is 25.0 Å². The summed E-state index contributed by atoms with van der Waals surface area (Å²) >= 11 is 0. The summed E-state index contributed by atoms with van der Waals surface area (Å²) in [5.74, 6) is -1.53. The van der Waals surface area contributed by atoms with Crippen molar-refractivity contribution in [2.75, 3.05) is 18.0 Å². The quantitative estimate of drug-likeness (QED) is 0.873. The van der Waals surface area contributed by atoms with Crippen molar-refractivity contribution in [1.29, 1.82) is 0 Å². The zero-order valence-electron chi connectivity index (χ0n) is 11.2. The number of benzene rings is 1. The van der Waals surface area contributed by atoms with E-state index in [1.807, 2.05) is 0 Å². The third-order valence-corrected chi connectivity index (χ3v) is 4.30. The predicted molar refractivity (Wildman–Crippen MR) is 71.2 cm³/mol. The third kappa shape index (κ3) is 3.17. The number of sulfonamides is 1. The smallest absolute Gasteiger partial charge is 0.419 e. The number of alkyl halides is 3. The molecule has 0 atom stereocenters. The van der Waals surface area contributed by atoms with E-state index in [9.17, 15) is 26.4 Å². The number of aromatic carboxylic acids is 1. The maximum absolute atomic E-state index is 13.3. The molecular formula is C12H13F3N2O4S. The minimum atomic E-state index is -4.98. The van der Waals surface area contributed by atoms with Crippen molar-refractivity contribution in [3.8, 4) is 0 Å². The van der Waals surface area contributed by atoms with Crippen molar-refractivity contribution in [3.05, 3.63) is 23.3 Å². The zero-order valence-corrected chi connectivity index (χ0v) is 12.0. The Morgan fingerprint density at radius 2 is 1.77 bits per heavy atom. The van der Waals surface area contributed by atoms with Crippen LogP contribution in [0.1, 0.15) is 28.8 Å². The molecule has 1 aliphatic heterocycles. The summed E-state index contributed by atoms with van der Waals surface area (Å²) in [6.45, 7) is 0.576. The van der Waals surface area contributed by atoms with Crippen LogP contribution in [-0.4, -0.2) is 32.6 Å². The van der Waals surface area contributed by atoms with Crippen molar-refractivity contribution < 1.29 is 31.5 Å². The van der Waals surface area contributed by atoms with Gasteiger partial charge in [-0.15, -0.1) is 0 Å². The summed E-state index contributed by atoms with van der Waals surface area (Å²) in [5.41, 5.74) is -2.44. The van der Waals surface area contributed by atoms with E-state index in [1.165, 1.54) is 4.90 Å². The van der Waals surface area contributed by atoms with Crippen LogP contribution in [0.25, 0.3) is 0 Å². The Kier molecular flexibility index (Phi) is 4.09. The maximum Gasteiger partial charge on any atom is 0.419 e. The van der Waals surface area contributed by atoms with Crippen LogP contribution < -0.4 is 10.0 Å². The van der Waals surface area contributed by atoms with Gasteiger partial charge in [-0.2, -0.15) is 13.2 Å². The summed E-state index contributed by atoms with van der Waals surface area (Å²) in [6.07, 6.45) is -3.70. The second kappa shape index (κ2) is 5.43. The molecule has 1 aromatic carbocycles. The average molecular weight is 338 g/mol. The van der Waals surface area contributed by atoms with Crippen LogP contribution in [0.5, 0.6) is 0 Å². The van der Waals surface area contributed by atoms with Gasteiger partial charge >= 0.3 is 12.1 Å². The van der Waals surface area contributed by atoms with Gasteiger partial charge in [0.05, 0.1) is 21.7 Å². The Hall–Kier alpha value is -1.81. The molecule has 1 fully saturated rings. The topological polar surface area (TPSA) is 101 Å². The molecule has 122 valence electrons. The second-order valence-electron chi connectivity index (χ2n) is 4.91. The highest BCUT2D eigenvalue weighted by molar-refractivity contribution is 7.89. The van der Waals surface area contributed by atoms with Gasteiger partial charge in [-0.3, -0.25) is 0 Å². The lowest BCUT2D eigenvalue weighted by atomic mass is 10.1. The fraction of sp³-hybridized carbons (Fsp3) is 0.417. The molecule has 1 saturated heterocycles. The number of rotatable bonds is 3. The van der Waals surface area contributed by atoms with Crippen LogP contribution in [0.3, 0.4) is 0 Å². The molecular weight excluding hydrogens is 325 g/mol. The van der Waals surface area contributed by atoms with Gasteiger partial charge in [-0.1, -0.05) is 0 Å². The predicted octanol–water partition coefficient (Wildman–Crippen LogP) is 1.65. The molecule has 0 radical (unpaired) electrons. The lowest BCUT2D eigenvalue weighted by molar-refractivity contribution is -0.139. The van der Waals surface area contributed by atoms with Gasteiger partial charge < -0.3 is 10.0 Å². The molecule has 1 heterocycles. The van der Waals surface area contributed by atoms with Crippen LogP contribution >= 0.6 is 0 Å². The lowest BCUT2D eigenvalue weighted by Gasteiger charge is -2.25. The van der Waals surface area contributed by atoms with E-state index >= 15 is 0 Å². The molecule has 2 rings (SSSR count). The fourth-order valence-electron chi connectivity index (χ4n) is 2.44. The Balaban J connectivity index is 2.83. The fourth-order valence-corrected chi connectivity index (χ4v) is 3.24. The number of carboxylic acids is 1. The Morgan fingerprint density at radius 3 is 2.18 bits per heavy atom. The lowest BCUT2D eigenvalue weighted by Crippen LogP contribution is -2.26. The van der Waals surface area contributed by atoms with E-state index in [-0.39, 0.29) is 13.1 Å². The van der Waals surface area contributed by atoms with Crippen molar-refractivity contribution in [2.24, 2.45) is 5.14 Å². The molecule has 1 aliphatic rings. The van der Waals surface area contributed by atoms with Crippen molar-refractivity contribution in [3.63, 3.8) is 0 Å². The number of anilines is 1. The summed E-state index contributed by atoms with van der Waals surface area (Å²) in [5, 5.41) is 13.9. The standard InChI is InChI=1S/C12H13F3N2O4S/c13-12(14,15)10-8(17-3-1-2-4-17)5-7(11(18)19)6-9(10)22(16,20)21/h5-6H,1-4H2,(H,18,19)(H2,16,20,21). The van der Waals surface area contributed by atoms with Gasteiger partial charge in [0.15, 0.2) is 0 Å².